The largest absolute Gasteiger partial charge is 0.484 e. The van der Waals surface area contributed by atoms with Gasteiger partial charge in [0.15, 0.2) is 6.61 Å². The Morgan fingerprint density at radius 3 is 2.48 bits per heavy atom. The first-order chi connectivity index (χ1) is 14.2. The zero-order chi connectivity index (χ0) is 20.1. The lowest BCUT2D eigenvalue weighted by Crippen LogP contribution is -2.35. The Hall–Kier alpha value is -3.34. The molecule has 1 aliphatic rings. The molecule has 3 aromatic carbocycles. The van der Waals surface area contributed by atoms with Crippen molar-refractivity contribution in [2.24, 2.45) is 0 Å². The third kappa shape index (κ3) is 4.74. The van der Waals surface area contributed by atoms with E-state index in [9.17, 15) is 9.59 Å². The topological polar surface area (TPSA) is 58.6 Å². The van der Waals surface area contributed by atoms with Gasteiger partial charge in [0.25, 0.3) is 11.8 Å². The van der Waals surface area contributed by atoms with E-state index in [2.05, 4.69) is 5.32 Å². The van der Waals surface area contributed by atoms with Gasteiger partial charge in [0.1, 0.15) is 5.75 Å². The van der Waals surface area contributed by atoms with E-state index in [0.29, 0.717) is 17.0 Å². The second kappa shape index (κ2) is 8.78. The number of fused-ring (bicyclic) bond motifs is 1. The quantitative estimate of drug-likeness (QED) is 0.701. The van der Waals surface area contributed by atoms with Gasteiger partial charge in [-0.1, -0.05) is 36.4 Å². The zero-order valence-electron chi connectivity index (χ0n) is 16.3. The molecule has 2 amide bonds. The SMILES string of the molecule is O=C(COc1ccc2ccccc2c1)Nc1cccc(C(=O)N2CCCCC2)c1. The number of rotatable bonds is 5. The number of ether oxygens (including phenoxy) is 1. The van der Waals surface area contributed by atoms with Crippen molar-refractivity contribution < 1.29 is 14.3 Å². The Morgan fingerprint density at radius 1 is 0.862 bits per heavy atom. The Morgan fingerprint density at radius 2 is 1.66 bits per heavy atom. The van der Waals surface area contributed by atoms with Crippen molar-refractivity contribution in [2.45, 2.75) is 19.3 Å². The minimum absolute atomic E-state index is 0.0215. The lowest BCUT2D eigenvalue weighted by Gasteiger charge is -2.26. The van der Waals surface area contributed by atoms with Crippen LogP contribution in [0.15, 0.2) is 66.7 Å². The van der Waals surface area contributed by atoms with Crippen molar-refractivity contribution in [1.29, 1.82) is 0 Å². The maximum absolute atomic E-state index is 12.6. The maximum Gasteiger partial charge on any atom is 0.262 e. The van der Waals surface area contributed by atoms with Crippen LogP contribution in [0.5, 0.6) is 5.75 Å². The highest BCUT2D eigenvalue weighted by Gasteiger charge is 2.18. The third-order valence-electron chi connectivity index (χ3n) is 5.13. The van der Waals surface area contributed by atoms with E-state index in [1.165, 1.54) is 6.42 Å². The van der Waals surface area contributed by atoms with Gasteiger partial charge in [0.2, 0.25) is 0 Å². The van der Waals surface area contributed by atoms with Gasteiger partial charge in [-0.15, -0.1) is 0 Å². The monoisotopic (exact) mass is 388 g/mol. The molecule has 0 aromatic heterocycles. The normalized spacial score (nSPS) is 13.9. The first kappa shape index (κ1) is 19.0. The predicted octanol–water partition coefficient (Wildman–Crippen LogP) is 4.48. The highest BCUT2D eigenvalue weighted by molar-refractivity contribution is 5.97. The highest BCUT2D eigenvalue weighted by Crippen LogP contribution is 2.21. The van der Waals surface area contributed by atoms with Crippen molar-refractivity contribution in [3.8, 4) is 5.75 Å². The van der Waals surface area contributed by atoms with Crippen molar-refractivity contribution in [2.75, 3.05) is 25.0 Å². The molecule has 148 valence electrons. The van der Waals surface area contributed by atoms with E-state index in [-0.39, 0.29) is 18.4 Å². The number of carbonyl (C=O) groups excluding carboxylic acids is 2. The van der Waals surface area contributed by atoms with Crippen molar-refractivity contribution in [3.05, 3.63) is 72.3 Å². The molecule has 29 heavy (non-hydrogen) atoms. The van der Waals surface area contributed by atoms with Crippen LogP contribution >= 0.6 is 0 Å². The summed E-state index contributed by atoms with van der Waals surface area (Å²) >= 11 is 0. The molecule has 5 nitrogen and oxygen atoms in total. The number of carbonyl (C=O) groups is 2. The molecule has 3 aromatic rings. The van der Waals surface area contributed by atoms with Gasteiger partial charge in [0, 0.05) is 24.3 Å². The van der Waals surface area contributed by atoms with Crippen LogP contribution < -0.4 is 10.1 Å². The Labute approximate surface area is 170 Å². The van der Waals surface area contributed by atoms with Crippen LogP contribution in [0.25, 0.3) is 10.8 Å². The van der Waals surface area contributed by atoms with Crippen LogP contribution in [0.2, 0.25) is 0 Å². The van der Waals surface area contributed by atoms with Gasteiger partial charge in [-0.05, 0) is 60.4 Å². The van der Waals surface area contributed by atoms with Gasteiger partial charge in [-0.2, -0.15) is 0 Å². The summed E-state index contributed by atoms with van der Waals surface area (Å²) in [6, 6.07) is 20.8. The second-order valence-corrected chi connectivity index (χ2v) is 7.28. The molecule has 4 rings (SSSR count). The van der Waals surface area contributed by atoms with Gasteiger partial charge in [0.05, 0.1) is 0 Å². The molecule has 0 spiro atoms. The molecule has 0 radical (unpaired) electrons. The fourth-order valence-corrected chi connectivity index (χ4v) is 3.61. The first-order valence-electron chi connectivity index (χ1n) is 10.00. The number of hydrogen-bond acceptors (Lipinski definition) is 3. The van der Waals surface area contributed by atoms with E-state index >= 15 is 0 Å². The summed E-state index contributed by atoms with van der Waals surface area (Å²) in [5, 5.41) is 5.00. The summed E-state index contributed by atoms with van der Waals surface area (Å²) in [7, 11) is 0. The molecule has 0 unspecified atom stereocenters. The van der Waals surface area contributed by atoms with Crippen LogP contribution in [0, 0.1) is 0 Å². The van der Waals surface area contributed by atoms with Crippen molar-refractivity contribution in [3.63, 3.8) is 0 Å². The molecule has 1 N–H and O–H groups in total. The Bertz CT molecular complexity index is 1030. The summed E-state index contributed by atoms with van der Waals surface area (Å²) in [6.45, 7) is 1.51. The summed E-state index contributed by atoms with van der Waals surface area (Å²) in [4.78, 5) is 26.8. The van der Waals surface area contributed by atoms with Crippen LogP contribution in [-0.4, -0.2) is 36.4 Å². The highest BCUT2D eigenvalue weighted by atomic mass is 16.5. The van der Waals surface area contributed by atoms with E-state index in [1.54, 1.807) is 24.3 Å². The van der Waals surface area contributed by atoms with Crippen LogP contribution in [-0.2, 0) is 4.79 Å². The number of likely N-dealkylation sites (tertiary alicyclic amines) is 1. The number of benzene rings is 3. The lowest BCUT2D eigenvalue weighted by molar-refractivity contribution is -0.118. The minimum atomic E-state index is -0.263. The van der Waals surface area contributed by atoms with E-state index in [4.69, 9.17) is 4.74 Å². The van der Waals surface area contributed by atoms with E-state index < -0.39 is 0 Å². The zero-order valence-corrected chi connectivity index (χ0v) is 16.3. The Balaban J connectivity index is 1.36. The smallest absolute Gasteiger partial charge is 0.262 e. The average Bonchev–Trinajstić information content (AvgIpc) is 2.78. The van der Waals surface area contributed by atoms with Crippen molar-refractivity contribution in [1.82, 2.24) is 4.90 Å². The van der Waals surface area contributed by atoms with Gasteiger partial charge in [-0.25, -0.2) is 0 Å². The summed E-state index contributed by atoms with van der Waals surface area (Å²) in [5.41, 5.74) is 1.19. The molecular weight excluding hydrogens is 364 g/mol. The molecule has 0 atom stereocenters. The lowest BCUT2D eigenvalue weighted by atomic mass is 10.1. The number of hydrogen-bond donors (Lipinski definition) is 1. The number of nitrogens with one attached hydrogen (secondary N) is 1. The first-order valence-corrected chi connectivity index (χ1v) is 10.00. The molecule has 0 bridgehead atoms. The summed E-state index contributed by atoms with van der Waals surface area (Å²) in [5.74, 6) is 0.404. The van der Waals surface area contributed by atoms with E-state index in [1.807, 2.05) is 47.4 Å². The molecule has 1 saturated heterocycles. The number of anilines is 1. The van der Waals surface area contributed by atoms with Crippen LogP contribution in [0.3, 0.4) is 0 Å². The molecule has 0 saturated carbocycles. The summed E-state index contributed by atoms with van der Waals surface area (Å²) < 4.78 is 5.63. The predicted molar refractivity (Wildman–Crippen MR) is 114 cm³/mol. The second-order valence-electron chi connectivity index (χ2n) is 7.28. The minimum Gasteiger partial charge on any atom is -0.484 e. The fourth-order valence-electron chi connectivity index (χ4n) is 3.61. The standard InChI is InChI=1S/C24H24N2O3/c27-23(17-29-22-12-11-18-7-2-3-8-19(18)16-22)25-21-10-6-9-20(15-21)24(28)26-13-4-1-5-14-26/h2-3,6-12,15-16H,1,4-5,13-14,17H2,(H,25,27). The average molecular weight is 388 g/mol. The summed E-state index contributed by atoms with van der Waals surface area (Å²) in [6.07, 6.45) is 3.28. The van der Waals surface area contributed by atoms with E-state index in [0.717, 1.165) is 36.7 Å². The van der Waals surface area contributed by atoms with Crippen molar-refractivity contribution >= 4 is 28.3 Å². The van der Waals surface area contributed by atoms with Gasteiger partial charge < -0.3 is 15.0 Å². The Kier molecular flexibility index (Phi) is 5.75. The number of nitrogens with zero attached hydrogens (tertiary/aromatic N) is 1. The maximum atomic E-state index is 12.6. The van der Waals surface area contributed by atoms with Gasteiger partial charge in [-0.3, -0.25) is 9.59 Å². The van der Waals surface area contributed by atoms with Gasteiger partial charge >= 0.3 is 0 Å². The molecular formula is C24H24N2O3. The number of amides is 2. The molecule has 1 heterocycles. The number of piperidine rings is 1. The molecule has 1 aliphatic heterocycles. The van der Waals surface area contributed by atoms with Crippen LogP contribution in [0.1, 0.15) is 29.6 Å². The molecule has 1 fully saturated rings. The molecule has 5 heteroatoms. The fraction of sp³-hybridized carbons (Fsp3) is 0.250. The molecule has 0 aliphatic carbocycles. The third-order valence-corrected chi connectivity index (χ3v) is 5.13. The van der Waals surface area contributed by atoms with Crippen LogP contribution in [0.4, 0.5) is 5.69 Å².